The van der Waals surface area contributed by atoms with Gasteiger partial charge in [0.2, 0.25) is 0 Å². The summed E-state index contributed by atoms with van der Waals surface area (Å²) in [5.41, 5.74) is 2.27. The largest absolute Gasteiger partial charge is 0.392 e. The van der Waals surface area contributed by atoms with Crippen LogP contribution in [0.25, 0.3) is 0 Å². The SMILES string of the molecule is CCc1nn(CC)c(CC(O)C2CCC(CC)C2)c1Br. The first kappa shape index (κ1) is 16.0. The van der Waals surface area contributed by atoms with Crippen LogP contribution < -0.4 is 0 Å². The second-order valence-corrected chi connectivity index (χ2v) is 6.79. The molecule has 0 aliphatic heterocycles. The van der Waals surface area contributed by atoms with E-state index in [1.165, 1.54) is 25.7 Å². The molecule has 3 nitrogen and oxygen atoms in total. The summed E-state index contributed by atoms with van der Waals surface area (Å²) in [5, 5.41) is 15.2. The molecule has 2 rings (SSSR count). The molecule has 0 aromatic carbocycles. The molecule has 1 heterocycles. The molecule has 1 aliphatic carbocycles. The van der Waals surface area contributed by atoms with Gasteiger partial charge in [0.1, 0.15) is 0 Å². The van der Waals surface area contributed by atoms with Gasteiger partial charge in [-0.25, -0.2) is 0 Å². The Hall–Kier alpha value is -0.350. The lowest BCUT2D eigenvalue weighted by molar-refractivity contribution is 0.106. The van der Waals surface area contributed by atoms with Crippen LogP contribution in [0.4, 0.5) is 0 Å². The Morgan fingerprint density at radius 1 is 1.35 bits per heavy atom. The van der Waals surface area contributed by atoms with Gasteiger partial charge in [-0.05, 0) is 54.0 Å². The number of aliphatic hydroxyl groups excluding tert-OH is 1. The van der Waals surface area contributed by atoms with Gasteiger partial charge in [0.15, 0.2) is 0 Å². The first-order chi connectivity index (χ1) is 9.60. The number of aliphatic hydroxyl groups is 1. The van der Waals surface area contributed by atoms with Crippen LogP contribution in [0.2, 0.25) is 0 Å². The maximum atomic E-state index is 10.6. The Morgan fingerprint density at radius 2 is 2.10 bits per heavy atom. The smallest absolute Gasteiger partial charge is 0.0766 e. The number of aryl methyl sites for hydroxylation is 2. The van der Waals surface area contributed by atoms with Crippen molar-refractivity contribution in [1.29, 1.82) is 0 Å². The molecule has 0 spiro atoms. The fraction of sp³-hybridized carbons (Fsp3) is 0.812. The Morgan fingerprint density at radius 3 is 2.65 bits per heavy atom. The van der Waals surface area contributed by atoms with Crippen molar-refractivity contribution in [3.8, 4) is 0 Å². The van der Waals surface area contributed by atoms with Crippen LogP contribution in [0, 0.1) is 11.8 Å². The van der Waals surface area contributed by atoms with E-state index in [0.29, 0.717) is 5.92 Å². The fourth-order valence-electron chi connectivity index (χ4n) is 3.41. The second kappa shape index (κ2) is 7.08. The van der Waals surface area contributed by atoms with Crippen molar-refractivity contribution in [2.24, 2.45) is 11.8 Å². The van der Waals surface area contributed by atoms with Crippen LogP contribution in [-0.2, 0) is 19.4 Å². The van der Waals surface area contributed by atoms with Crippen molar-refractivity contribution in [3.05, 3.63) is 15.9 Å². The molecule has 0 radical (unpaired) electrons. The summed E-state index contributed by atoms with van der Waals surface area (Å²) in [4.78, 5) is 0. The average Bonchev–Trinajstić information content (AvgIpc) is 3.05. The third kappa shape index (κ3) is 3.28. The quantitative estimate of drug-likeness (QED) is 0.849. The molecule has 4 heteroatoms. The van der Waals surface area contributed by atoms with E-state index < -0.39 is 0 Å². The van der Waals surface area contributed by atoms with Crippen LogP contribution in [0.15, 0.2) is 4.47 Å². The van der Waals surface area contributed by atoms with Crippen LogP contribution in [0.1, 0.15) is 57.8 Å². The van der Waals surface area contributed by atoms with E-state index in [9.17, 15) is 5.11 Å². The number of rotatable bonds is 6. The van der Waals surface area contributed by atoms with Gasteiger partial charge in [-0.1, -0.05) is 26.7 Å². The molecule has 3 unspecified atom stereocenters. The zero-order valence-electron chi connectivity index (χ0n) is 12.9. The number of hydrogen-bond acceptors (Lipinski definition) is 2. The van der Waals surface area contributed by atoms with Gasteiger partial charge in [-0.2, -0.15) is 5.10 Å². The lowest BCUT2D eigenvalue weighted by Crippen LogP contribution is -2.22. The summed E-state index contributed by atoms with van der Waals surface area (Å²) >= 11 is 3.67. The Kier molecular flexibility index (Phi) is 5.67. The Labute approximate surface area is 130 Å². The summed E-state index contributed by atoms with van der Waals surface area (Å²) in [6.07, 6.45) is 6.33. The summed E-state index contributed by atoms with van der Waals surface area (Å²) in [6, 6.07) is 0. The highest BCUT2D eigenvalue weighted by molar-refractivity contribution is 9.10. The van der Waals surface area contributed by atoms with Gasteiger partial charge in [0.25, 0.3) is 0 Å². The minimum absolute atomic E-state index is 0.227. The highest BCUT2D eigenvalue weighted by Crippen LogP contribution is 2.36. The van der Waals surface area contributed by atoms with Crippen LogP contribution in [0.3, 0.4) is 0 Å². The highest BCUT2D eigenvalue weighted by atomic mass is 79.9. The Bertz CT molecular complexity index is 444. The van der Waals surface area contributed by atoms with Gasteiger partial charge < -0.3 is 5.11 Å². The third-order valence-corrected chi connectivity index (χ3v) is 5.72. The molecule has 20 heavy (non-hydrogen) atoms. The lowest BCUT2D eigenvalue weighted by Gasteiger charge is -2.19. The number of nitrogens with zero attached hydrogens (tertiary/aromatic N) is 2. The van der Waals surface area contributed by atoms with E-state index >= 15 is 0 Å². The third-order valence-electron chi connectivity index (χ3n) is 4.80. The number of aromatic nitrogens is 2. The van der Waals surface area contributed by atoms with Crippen LogP contribution in [-0.4, -0.2) is 21.0 Å². The normalized spacial score (nSPS) is 24.2. The predicted octanol–water partition coefficient (Wildman–Crippen LogP) is 3.96. The second-order valence-electron chi connectivity index (χ2n) is 6.00. The molecule has 0 amide bonds. The highest BCUT2D eigenvalue weighted by Gasteiger charge is 2.30. The molecular formula is C16H27BrN2O. The van der Waals surface area contributed by atoms with Crippen molar-refractivity contribution in [1.82, 2.24) is 9.78 Å². The fourth-order valence-corrected chi connectivity index (χ4v) is 4.14. The maximum Gasteiger partial charge on any atom is 0.0766 e. The topological polar surface area (TPSA) is 38.0 Å². The molecule has 3 atom stereocenters. The summed E-state index contributed by atoms with van der Waals surface area (Å²) < 4.78 is 3.14. The summed E-state index contributed by atoms with van der Waals surface area (Å²) in [5.74, 6) is 1.29. The molecule has 0 saturated heterocycles. The minimum Gasteiger partial charge on any atom is -0.392 e. The van der Waals surface area contributed by atoms with Crippen molar-refractivity contribution >= 4 is 15.9 Å². The molecule has 1 saturated carbocycles. The molecule has 1 aromatic heterocycles. The van der Waals surface area contributed by atoms with E-state index in [4.69, 9.17) is 0 Å². The molecule has 1 N–H and O–H groups in total. The molecular weight excluding hydrogens is 316 g/mol. The van der Waals surface area contributed by atoms with E-state index in [2.05, 4.69) is 41.8 Å². The standard InChI is InChI=1S/C16H27BrN2O/c1-4-11-7-8-12(9-11)15(20)10-14-16(17)13(5-2)18-19(14)6-3/h11-12,15,20H,4-10H2,1-3H3. The molecule has 1 fully saturated rings. The van der Waals surface area contributed by atoms with E-state index in [1.807, 2.05) is 4.68 Å². The van der Waals surface area contributed by atoms with Crippen LogP contribution in [0.5, 0.6) is 0 Å². The van der Waals surface area contributed by atoms with Crippen molar-refractivity contribution in [2.75, 3.05) is 0 Å². The number of hydrogen-bond donors (Lipinski definition) is 1. The van der Waals surface area contributed by atoms with Gasteiger partial charge in [-0.3, -0.25) is 4.68 Å². The van der Waals surface area contributed by atoms with Crippen molar-refractivity contribution < 1.29 is 5.11 Å². The molecule has 114 valence electrons. The Balaban J connectivity index is 2.07. The first-order valence-corrected chi connectivity index (χ1v) is 8.81. The summed E-state index contributed by atoms with van der Waals surface area (Å²) in [6.45, 7) is 7.35. The monoisotopic (exact) mass is 342 g/mol. The molecule has 1 aromatic rings. The average molecular weight is 343 g/mol. The van der Waals surface area contributed by atoms with E-state index in [1.54, 1.807) is 0 Å². The minimum atomic E-state index is -0.227. The first-order valence-electron chi connectivity index (χ1n) is 8.02. The van der Waals surface area contributed by atoms with Crippen LogP contribution >= 0.6 is 15.9 Å². The zero-order valence-corrected chi connectivity index (χ0v) is 14.5. The number of halogens is 1. The van der Waals surface area contributed by atoms with Crippen molar-refractivity contribution in [2.45, 2.75) is 71.9 Å². The predicted molar refractivity (Wildman–Crippen MR) is 85.8 cm³/mol. The van der Waals surface area contributed by atoms with Gasteiger partial charge in [0.05, 0.1) is 22.0 Å². The van der Waals surface area contributed by atoms with Gasteiger partial charge >= 0.3 is 0 Å². The lowest BCUT2D eigenvalue weighted by atomic mass is 9.95. The van der Waals surface area contributed by atoms with Gasteiger partial charge in [-0.15, -0.1) is 0 Å². The molecule has 1 aliphatic rings. The maximum absolute atomic E-state index is 10.6. The van der Waals surface area contributed by atoms with E-state index in [0.717, 1.165) is 41.2 Å². The van der Waals surface area contributed by atoms with Crippen molar-refractivity contribution in [3.63, 3.8) is 0 Å². The van der Waals surface area contributed by atoms with E-state index in [-0.39, 0.29) is 6.10 Å². The van der Waals surface area contributed by atoms with Gasteiger partial charge in [0, 0.05) is 13.0 Å². The summed E-state index contributed by atoms with van der Waals surface area (Å²) in [7, 11) is 0. The molecule has 0 bridgehead atoms. The zero-order chi connectivity index (χ0) is 14.7.